The zero-order chi connectivity index (χ0) is 16.7. The van der Waals surface area contributed by atoms with Crippen molar-refractivity contribution in [2.75, 3.05) is 13.1 Å². The molecule has 0 bridgehead atoms. The first-order chi connectivity index (χ1) is 11.2. The van der Waals surface area contributed by atoms with E-state index >= 15 is 0 Å². The second-order valence-corrected chi connectivity index (χ2v) is 6.03. The van der Waals surface area contributed by atoms with E-state index in [-0.39, 0.29) is 0 Å². The van der Waals surface area contributed by atoms with Gasteiger partial charge in [-0.2, -0.15) is 0 Å². The first kappa shape index (κ1) is 17.3. The lowest BCUT2D eigenvalue weighted by Crippen LogP contribution is -2.21. The largest absolute Gasteiger partial charge is 0.372 e. The highest BCUT2D eigenvalue weighted by Crippen LogP contribution is 2.21. The fourth-order valence-electron chi connectivity index (χ4n) is 3.04. The number of aryl methyl sites for hydroxylation is 1. The van der Waals surface area contributed by atoms with Crippen molar-refractivity contribution in [1.82, 2.24) is 4.90 Å². The van der Waals surface area contributed by atoms with Gasteiger partial charge >= 0.3 is 0 Å². The molecule has 0 atom stereocenters. The maximum Gasteiger partial charge on any atom is 0.0398 e. The average Bonchev–Trinajstić information content (AvgIpc) is 2.56. The Kier molecular flexibility index (Phi) is 6.46. The molecule has 0 spiro atoms. The maximum atomic E-state index is 2.43. The maximum absolute atomic E-state index is 2.43. The Balaban J connectivity index is 2.19. The molecule has 2 aromatic carbocycles. The van der Waals surface area contributed by atoms with Crippen LogP contribution in [-0.2, 0) is 6.42 Å². The summed E-state index contributed by atoms with van der Waals surface area (Å²) in [5, 5.41) is 0. The molecule has 1 nitrogen and oxygen atoms in total. The minimum atomic E-state index is 1.00. The van der Waals surface area contributed by atoms with Crippen LogP contribution in [0, 0.1) is 6.92 Å². The molecule has 0 saturated carbocycles. The highest BCUT2D eigenvalue weighted by atomic mass is 15.1. The Morgan fingerprint density at radius 1 is 0.913 bits per heavy atom. The van der Waals surface area contributed by atoms with Gasteiger partial charge in [0.25, 0.3) is 0 Å². The topological polar surface area (TPSA) is 3.24 Å². The number of rotatable bonds is 7. The SMILES string of the molecule is CC/C=C(/c1ccc(Cc2cccc(C)c2)cc1)N(CC)CC. The number of hydrogen-bond acceptors (Lipinski definition) is 1. The summed E-state index contributed by atoms with van der Waals surface area (Å²) in [7, 11) is 0. The molecule has 0 fully saturated rings. The summed E-state index contributed by atoms with van der Waals surface area (Å²) in [5.74, 6) is 0. The molecule has 0 aliphatic carbocycles. The van der Waals surface area contributed by atoms with Gasteiger partial charge in [-0.1, -0.05) is 67.1 Å². The van der Waals surface area contributed by atoms with Gasteiger partial charge in [-0.05, 0) is 50.3 Å². The fraction of sp³-hybridized carbons (Fsp3) is 0.364. The molecule has 0 unspecified atom stereocenters. The minimum absolute atomic E-state index is 1.00. The smallest absolute Gasteiger partial charge is 0.0398 e. The summed E-state index contributed by atoms with van der Waals surface area (Å²) in [5.41, 5.74) is 6.76. The predicted octanol–water partition coefficient (Wildman–Crippen LogP) is 5.68. The first-order valence-corrected chi connectivity index (χ1v) is 8.77. The molecular formula is C22H29N. The third kappa shape index (κ3) is 4.72. The van der Waals surface area contributed by atoms with E-state index in [0.717, 1.165) is 25.9 Å². The standard InChI is InChI=1S/C22H29N/c1-5-9-22(23(6-2)7-3)21-14-12-19(13-15-21)17-20-11-8-10-18(4)16-20/h8-16H,5-7,17H2,1-4H3/b22-9-. The van der Waals surface area contributed by atoms with Crippen LogP contribution in [-0.4, -0.2) is 18.0 Å². The van der Waals surface area contributed by atoms with Crippen LogP contribution in [0.4, 0.5) is 0 Å². The molecule has 0 radical (unpaired) electrons. The monoisotopic (exact) mass is 307 g/mol. The summed E-state index contributed by atoms with van der Waals surface area (Å²) >= 11 is 0. The molecule has 0 aromatic heterocycles. The van der Waals surface area contributed by atoms with Gasteiger partial charge in [0, 0.05) is 18.8 Å². The zero-order valence-corrected chi connectivity index (χ0v) is 15.0. The van der Waals surface area contributed by atoms with Gasteiger partial charge in [-0.3, -0.25) is 0 Å². The summed E-state index contributed by atoms with van der Waals surface area (Å²) in [6, 6.07) is 17.8. The fourth-order valence-corrected chi connectivity index (χ4v) is 3.04. The van der Waals surface area contributed by atoms with E-state index in [1.807, 2.05) is 0 Å². The summed E-state index contributed by atoms with van der Waals surface area (Å²) in [6.07, 6.45) is 4.40. The van der Waals surface area contributed by atoms with Crippen LogP contribution < -0.4 is 0 Å². The highest BCUT2D eigenvalue weighted by Gasteiger charge is 2.08. The molecule has 0 N–H and O–H groups in total. The van der Waals surface area contributed by atoms with Gasteiger partial charge in [-0.25, -0.2) is 0 Å². The lowest BCUT2D eigenvalue weighted by Gasteiger charge is -2.25. The molecule has 0 aliphatic heterocycles. The van der Waals surface area contributed by atoms with Crippen molar-refractivity contribution in [3.8, 4) is 0 Å². The normalized spacial score (nSPS) is 11.6. The van der Waals surface area contributed by atoms with Crippen molar-refractivity contribution in [2.45, 2.75) is 40.5 Å². The van der Waals surface area contributed by atoms with Crippen LogP contribution in [0.25, 0.3) is 5.70 Å². The van der Waals surface area contributed by atoms with E-state index < -0.39 is 0 Å². The Morgan fingerprint density at radius 3 is 2.17 bits per heavy atom. The van der Waals surface area contributed by atoms with E-state index in [9.17, 15) is 0 Å². The van der Waals surface area contributed by atoms with Crippen LogP contribution in [0.3, 0.4) is 0 Å². The Hall–Kier alpha value is -2.02. The second-order valence-electron chi connectivity index (χ2n) is 6.03. The van der Waals surface area contributed by atoms with Crippen LogP contribution in [0.15, 0.2) is 54.6 Å². The highest BCUT2D eigenvalue weighted by molar-refractivity contribution is 5.64. The molecule has 0 aliphatic rings. The number of nitrogens with zero attached hydrogens (tertiary/aromatic N) is 1. The molecule has 2 rings (SSSR count). The predicted molar refractivity (Wildman–Crippen MR) is 102 cm³/mol. The summed E-state index contributed by atoms with van der Waals surface area (Å²) in [4.78, 5) is 2.43. The second kappa shape index (κ2) is 8.57. The Morgan fingerprint density at radius 2 is 1.61 bits per heavy atom. The number of benzene rings is 2. The van der Waals surface area contributed by atoms with E-state index in [0.29, 0.717) is 0 Å². The quantitative estimate of drug-likeness (QED) is 0.636. The average molecular weight is 307 g/mol. The Bertz CT molecular complexity index is 633. The van der Waals surface area contributed by atoms with Crippen molar-refractivity contribution < 1.29 is 0 Å². The van der Waals surface area contributed by atoms with Gasteiger partial charge in [0.2, 0.25) is 0 Å². The van der Waals surface area contributed by atoms with E-state index in [4.69, 9.17) is 0 Å². The molecule has 0 heterocycles. The molecule has 0 amide bonds. The van der Waals surface area contributed by atoms with Crippen molar-refractivity contribution in [3.05, 3.63) is 76.9 Å². The number of allylic oxidation sites excluding steroid dienone is 1. The van der Waals surface area contributed by atoms with E-state index in [1.165, 1.54) is 28.0 Å². The van der Waals surface area contributed by atoms with E-state index in [2.05, 4.69) is 87.2 Å². The van der Waals surface area contributed by atoms with E-state index in [1.54, 1.807) is 0 Å². The van der Waals surface area contributed by atoms with Crippen LogP contribution in [0.2, 0.25) is 0 Å². The van der Waals surface area contributed by atoms with Crippen molar-refractivity contribution in [3.63, 3.8) is 0 Å². The zero-order valence-electron chi connectivity index (χ0n) is 15.0. The van der Waals surface area contributed by atoms with Crippen molar-refractivity contribution in [2.24, 2.45) is 0 Å². The number of hydrogen-bond donors (Lipinski definition) is 0. The molecule has 23 heavy (non-hydrogen) atoms. The molecule has 2 aromatic rings. The third-order valence-corrected chi connectivity index (χ3v) is 4.24. The third-order valence-electron chi connectivity index (χ3n) is 4.24. The summed E-state index contributed by atoms with van der Waals surface area (Å²) < 4.78 is 0. The van der Waals surface area contributed by atoms with Crippen molar-refractivity contribution in [1.29, 1.82) is 0 Å². The molecule has 0 saturated heterocycles. The lowest BCUT2D eigenvalue weighted by atomic mass is 10.0. The minimum Gasteiger partial charge on any atom is -0.372 e. The van der Waals surface area contributed by atoms with Crippen molar-refractivity contribution >= 4 is 5.70 Å². The van der Waals surface area contributed by atoms with Crippen LogP contribution in [0.5, 0.6) is 0 Å². The van der Waals surface area contributed by atoms with Crippen LogP contribution >= 0.6 is 0 Å². The van der Waals surface area contributed by atoms with Gasteiger partial charge in [0.05, 0.1) is 0 Å². The van der Waals surface area contributed by atoms with Gasteiger partial charge < -0.3 is 4.90 Å². The lowest BCUT2D eigenvalue weighted by molar-refractivity contribution is 0.441. The molecule has 122 valence electrons. The van der Waals surface area contributed by atoms with Gasteiger partial charge in [0.15, 0.2) is 0 Å². The first-order valence-electron chi connectivity index (χ1n) is 8.77. The summed E-state index contributed by atoms with van der Waals surface area (Å²) in [6.45, 7) is 10.9. The molecular weight excluding hydrogens is 278 g/mol. The Labute approximate surface area is 141 Å². The van der Waals surface area contributed by atoms with Gasteiger partial charge in [-0.15, -0.1) is 0 Å². The van der Waals surface area contributed by atoms with Crippen LogP contribution in [0.1, 0.15) is 49.4 Å². The van der Waals surface area contributed by atoms with Gasteiger partial charge in [0.1, 0.15) is 0 Å². The molecule has 1 heteroatoms.